The minimum Gasteiger partial charge on any atom is -0.491 e. The highest BCUT2D eigenvalue weighted by molar-refractivity contribution is 5.74. The average Bonchev–Trinajstić information content (AvgIpc) is 2.26. The molecule has 0 heterocycles. The van der Waals surface area contributed by atoms with E-state index in [0.29, 0.717) is 6.42 Å². The highest BCUT2D eigenvalue weighted by Crippen LogP contribution is 2.25. The van der Waals surface area contributed by atoms with E-state index in [4.69, 9.17) is 10.5 Å². The van der Waals surface area contributed by atoms with E-state index in [0.717, 1.165) is 17.7 Å². The smallest absolute Gasteiger partial charge is 0.218 e. The van der Waals surface area contributed by atoms with Gasteiger partial charge in [-0.1, -0.05) is 19.1 Å². The van der Waals surface area contributed by atoms with Crippen molar-refractivity contribution in [3.63, 3.8) is 0 Å². The first-order chi connectivity index (χ1) is 8.02. The largest absolute Gasteiger partial charge is 0.491 e. The van der Waals surface area contributed by atoms with Crippen molar-refractivity contribution in [2.45, 2.75) is 45.6 Å². The Morgan fingerprint density at radius 3 is 2.29 bits per heavy atom. The van der Waals surface area contributed by atoms with Gasteiger partial charge in [-0.3, -0.25) is 4.79 Å². The first-order valence-corrected chi connectivity index (χ1v) is 6.07. The summed E-state index contributed by atoms with van der Waals surface area (Å²) in [5.74, 6) is 0.817. The Bertz CT molecular complexity index is 357. The Morgan fingerprint density at radius 2 is 1.88 bits per heavy atom. The molecule has 0 spiro atoms. The van der Waals surface area contributed by atoms with Gasteiger partial charge in [0.15, 0.2) is 0 Å². The standard InChI is InChI=1S/C14H21NO2/c1-4-11(9-14(15)16)12-5-7-13(8-6-12)17-10(2)3/h5-8,10-11H,4,9H2,1-3H3,(H2,15,16). The molecule has 0 fully saturated rings. The van der Waals surface area contributed by atoms with Crippen LogP contribution in [0.5, 0.6) is 5.75 Å². The van der Waals surface area contributed by atoms with Gasteiger partial charge in [0.25, 0.3) is 0 Å². The summed E-state index contributed by atoms with van der Waals surface area (Å²) in [5.41, 5.74) is 6.38. The molecule has 1 amide bonds. The van der Waals surface area contributed by atoms with Gasteiger partial charge in [-0.05, 0) is 43.9 Å². The van der Waals surface area contributed by atoms with E-state index in [9.17, 15) is 4.79 Å². The van der Waals surface area contributed by atoms with E-state index in [1.54, 1.807) is 0 Å². The summed E-state index contributed by atoms with van der Waals surface area (Å²) in [4.78, 5) is 11.0. The van der Waals surface area contributed by atoms with Crippen molar-refractivity contribution in [1.29, 1.82) is 0 Å². The molecule has 1 aromatic carbocycles. The van der Waals surface area contributed by atoms with Gasteiger partial charge in [-0.15, -0.1) is 0 Å². The number of hydrogen-bond donors (Lipinski definition) is 1. The Morgan fingerprint density at radius 1 is 1.29 bits per heavy atom. The van der Waals surface area contributed by atoms with Crippen molar-refractivity contribution in [2.24, 2.45) is 5.73 Å². The zero-order valence-electron chi connectivity index (χ0n) is 10.8. The first kappa shape index (κ1) is 13.6. The summed E-state index contributed by atoms with van der Waals surface area (Å²) < 4.78 is 5.57. The molecule has 0 radical (unpaired) electrons. The van der Waals surface area contributed by atoms with Gasteiger partial charge in [0.05, 0.1) is 6.10 Å². The molecule has 1 unspecified atom stereocenters. The zero-order valence-corrected chi connectivity index (χ0v) is 10.8. The number of benzene rings is 1. The van der Waals surface area contributed by atoms with Crippen LogP contribution in [0.15, 0.2) is 24.3 Å². The van der Waals surface area contributed by atoms with Gasteiger partial charge < -0.3 is 10.5 Å². The van der Waals surface area contributed by atoms with E-state index in [2.05, 4.69) is 6.92 Å². The van der Waals surface area contributed by atoms with Crippen molar-refractivity contribution in [2.75, 3.05) is 0 Å². The molecule has 0 saturated carbocycles. The Labute approximate surface area is 103 Å². The number of ether oxygens (including phenoxy) is 1. The zero-order chi connectivity index (χ0) is 12.8. The maximum atomic E-state index is 11.0. The second-order valence-electron chi connectivity index (χ2n) is 4.51. The summed E-state index contributed by atoms with van der Waals surface area (Å²) in [6, 6.07) is 7.90. The fourth-order valence-electron chi connectivity index (χ4n) is 1.83. The number of amides is 1. The van der Waals surface area contributed by atoms with Crippen LogP contribution in [0.4, 0.5) is 0 Å². The summed E-state index contributed by atoms with van der Waals surface area (Å²) in [6.45, 7) is 6.05. The van der Waals surface area contributed by atoms with Gasteiger partial charge in [0.2, 0.25) is 5.91 Å². The van der Waals surface area contributed by atoms with Crippen LogP contribution >= 0.6 is 0 Å². The topological polar surface area (TPSA) is 52.3 Å². The molecule has 0 bridgehead atoms. The van der Waals surface area contributed by atoms with E-state index in [1.165, 1.54) is 0 Å². The second kappa shape index (κ2) is 6.28. The number of nitrogens with two attached hydrogens (primary N) is 1. The fourth-order valence-corrected chi connectivity index (χ4v) is 1.83. The highest BCUT2D eigenvalue weighted by Gasteiger charge is 2.12. The predicted octanol–water partition coefficient (Wildman–Crippen LogP) is 2.84. The SMILES string of the molecule is CCC(CC(N)=O)c1ccc(OC(C)C)cc1. The number of primary amides is 1. The molecule has 3 nitrogen and oxygen atoms in total. The molecule has 0 aromatic heterocycles. The summed E-state index contributed by atoms with van der Waals surface area (Å²) >= 11 is 0. The summed E-state index contributed by atoms with van der Waals surface area (Å²) in [7, 11) is 0. The van der Waals surface area contributed by atoms with Crippen LogP contribution in [0.3, 0.4) is 0 Å². The predicted molar refractivity (Wildman–Crippen MR) is 69.0 cm³/mol. The number of carbonyl (C=O) groups excluding carboxylic acids is 1. The summed E-state index contributed by atoms with van der Waals surface area (Å²) in [6.07, 6.45) is 1.49. The molecule has 1 aromatic rings. The highest BCUT2D eigenvalue weighted by atomic mass is 16.5. The molecular formula is C14H21NO2. The Kier molecular flexibility index (Phi) is 5.01. The second-order valence-corrected chi connectivity index (χ2v) is 4.51. The molecule has 3 heteroatoms. The van der Waals surface area contributed by atoms with Crippen molar-refractivity contribution in [3.8, 4) is 5.75 Å². The van der Waals surface area contributed by atoms with E-state index in [1.807, 2.05) is 38.1 Å². The minimum absolute atomic E-state index is 0.174. The summed E-state index contributed by atoms with van der Waals surface area (Å²) in [5, 5.41) is 0. The van der Waals surface area contributed by atoms with Crippen molar-refractivity contribution < 1.29 is 9.53 Å². The first-order valence-electron chi connectivity index (χ1n) is 6.07. The number of rotatable bonds is 6. The van der Waals surface area contributed by atoms with Crippen LogP contribution in [-0.2, 0) is 4.79 Å². The van der Waals surface area contributed by atoms with Crippen LogP contribution in [0.25, 0.3) is 0 Å². The van der Waals surface area contributed by atoms with Crippen LogP contribution in [0.1, 0.15) is 45.1 Å². The van der Waals surface area contributed by atoms with Crippen LogP contribution < -0.4 is 10.5 Å². The van der Waals surface area contributed by atoms with Crippen molar-refractivity contribution in [3.05, 3.63) is 29.8 Å². The molecule has 2 N–H and O–H groups in total. The quantitative estimate of drug-likeness (QED) is 0.824. The molecule has 1 atom stereocenters. The van der Waals surface area contributed by atoms with Gasteiger partial charge in [-0.25, -0.2) is 0 Å². The molecule has 0 aliphatic carbocycles. The molecule has 0 aliphatic rings. The van der Waals surface area contributed by atoms with E-state index < -0.39 is 0 Å². The molecule has 0 aliphatic heterocycles. The van der Waals surface area contributed by atoms with Gasteiger partial charge in [-0.2, -0.15) is 0 Å². The van der Waals surface area contributed by atoms with Gasteiger partial charge in [0.1, 0.15) is 5.75 Å². The van der Waals surface area contributed by atoms with E-state index in [-0.39, 0.29) is 17.9 Å². The Balaban J connectivity index is 2.74. The molecule has 94 valence electrons. The third-order valence-corrected chi connectivity index (χ3v) is 2.66. The molecule has 0 saturated heterocycles. The number of hydrogen-bond acceptors (Lipinski definition) is 2. The Hall–Kier alpha value is -1.51. The maximum absolute atomic E-state index is 11.0. The normalized spacial score (nSPS) is 12.5. The fraction of sp³-hybridized carbons (Fsp3) is 0.500. The third-order valence-electron chi connectivity index (χ3n) is 2.66. The van der Waals surface area contributed by atoms with Crippen LogP contribution in [-0.4, -0.2) is 12.0 Å². The van der Waals surface area contributed by atoms with Gasteiger partial charge >= 0.3 is 0 Å². The molecule has 17 heavy (non-hydrogen) atoms. The lowest BCUT2D eigenvalue weighted by Gasteiger charge is -2.15. The molecular weight excluding hydrogens is 214 g/mol. The lowest BCUT2D eigenvalue weighted by Crippen LogP contribution is -2.15. The monoisotopic (exact) mass is 235 g/mol. The third kappa shape index (κ3) is 4.47. The van der Waals surface area contributed by atoms with Crippen LogP contribution in [0.2, 0.25) is 0 Å². The van der Waals surface area contributed by atoms with Crippen molar-refractivity contribution in [1.82, 2.24) is 0 Å². The minimum atomic E-state index is -0.251. The van der Waals surface area contributed by atoms with Crippen molar-refractivity contribution >= 4 is 5.91 Å². The lowest BCUT2D eigenvalue weighted by molar-refractivity contribution is -0.118. The average molecular weight is 235 g/mol. The van der Waals surface area contributed by atoms with E-state index >= 15 is 0 Å². The maximum Gasteiger partial charge on any atom is 0.218 e. The lowest BCUT2D eigenvalue weighted by atomic mass is 9.93. The molecule has 1 rings (SSSR count). The van der Waals surface area contributed by atoms with Crippen LogP contribution in [0, 0.1) is 0 Å². The number of carbonyl (C=O) groups is 1. The van der Waals surface area contributed by atoms with Gasteiger partial charge in [0, 0.05) is 6.42 Å².